The predicted molar refractivity (Wildman–Crippen MR) is 163 cm³/mol. The zero-order valence-corrected chi connectivity index (χ0v) is 26.5. The Morgan fingerprint density at radius 1 is 1.10 bits per heavy atom. The van der Waals surface area contributed by atoms with Crippen LogP contribution in [0.25, 0.3) is 17.0 Å². The van der Waals surface area contributed by atoms with Crippen molar-refractivity contribution in [2.45, 2.75) is 51.3 Å². The van der Waals surface area contributed by atoms with Crippen LogP contribution in [-0.4, -0.2) is 79.7 Å². The van der Waals surface area contributed by atoms with Gasteiger partial charge in [0.2, 0.25) is 0 Å². The summed E-state index contributed by atoms with van der Waals surface area (Å²) in [6, 6.07) is 7.20. The van der Waals surface area contributed by atoms with Crippen LogP contribution in [0.3, 0.4) is 0 Å². The quantitative estimate of drug-likeness (QED) is 0.266. The van der Waals surface area contributed by atoms with E-state index < -0.39 is 59.2 Å². The molecule has 17 heteroatoms. The van der Waals surface area contributed by atoms with Crippen LogP contribution in [0.2, 0.25) is 0 Å². The molecule has 1 fully saturated rings. The number of amides is 2. The van der Waals surface area contributed by atoms with E-state index >= 15 is 0 Å². The van der Waals surface area contributed by atoms with Gasteiger partial charge in [0.15, 0.2) is 10.9 Å². The van der Waals surface area contributed by atoms with Gasteiger partial charge < -0.3 is 14.7 Å². The van der Waals surface area contributed by atoms with Crippen LogP contribution in [0.4, 0.5) is 31.1 Å². The summed E-state index contributed by atoms with van der Waals surface area (Å²) in [6.07, 6.45) is -9.08. The first kappa shape index (κ1) is 34.8. The number of nitrogens with zero attached hydrogens (tertiary/aromatic N) is 6. The van der Waals surface area contributed by atoms with Crippen LogP contribution < -0.4 is 0 Å². The summed E-state index contributed by atoms with van der Waals surface area (Å²) in [7, 11) is 0. The molecule has 0 aliphatic carbocycles. The molecule has 0 radical (unpaired) electrons. The molecule has 2 aliphatic heterocycles. The number of fused-ring (bicyclic) bond motifs is 1. The minimum absolute atomic E-state index is 0.0496. The number of nitriles is 1. The highest BCUT2D eigenvalue weighted by Crippen LogP contribution is 2.38. The summed E-state index contributed by atoms with van der Waals surface area (Å²) in [4.78, 5) is 33.0. The molecular weight excluding hydrogens is 666 g/mol. The van der Waals surface area contributed by atoms with Crippen LogP contribution in [0.15, 0.2) is 46.3 Å². The molecular formula is C31H28F6N6O4S. The molecule has 3 aromatic rings. The highest BCUT2D eigenvalue weighted by atomic mass is 32.2. The van der Waals surface area contributed by atoms with Gasteiger partial charge in [-0.05, 0) is 74.0 Å². The number of amidine groups is 1. The number of carbonyl (C=O) groups excluding carboxylic acids is 2. The normalized spacial score (nSPS) is 18.4. The van der Waals surface area contributed by atoms with Crippen LogP contribution in [0.5, 0.6) is 0 Å². The van der Waals surface area contributed by atoms with E-state index in [0.717, 1.165) is 22.5 Å². The monoisotopic (exact) mass is 694 g/mol. The van der Waals surface area contributed by atoms with Crippen molar-refractivity contribution in [1.29, 1.82) is 5.26 Å². The van der Waals surface area contributed by atoms with Gasteiger partial charge in [0.25, 0.3) is 5.91 Å². The summed E-state index contributed by atoms with van der Waals surface area (Å²) in [5.74, 6) is -0.539. The largest absolute Gasteiger partial charge is 0.444 e. The number of alkyl halides is 6. The number of benzene rings is 2. The number of hydrogen-bond acceptors (Lipinski definition) is 8. The Hall–Kier alpha value is -4.56. The van der Waals surface area contributed by atoms with Gasteiger partial charge in [0.1, 0.15) is 11.7 Å². The third-order valence-corrected chi connectivity index (χ3v) is 8.49. The molecule has 2 amide bonds. The molecule has 254 valence electrons. The van der Waals surface area contributed by atoms with Crippen molar-refractivity contribution in [3.8, 4) is 6.07 Å². The topological polar surface area (TPSA) is 124 Å². The third-order valence-electron chi connectivity index (χ3n) is 7.44. The standard InChI is InChI=1S/C31H28F6N6O4S/c1-29(2,3)47-28(46)42-9-8-41(15-20(42)16-44)27-39-26(45)25(48-27)11-17-4-7-24-21(10-17)23(13-38)40-43(24)14-18-5-6-19(30(32,33)34)12-22(18)31(35,36)37/h4-7,10-12,20,44H,8-9,14-16H2,1-3H3/t20-/m1/s1. The molecule has 1 saturated heterocycles. The van der Waals surface area contributed by atoms with Gasteiger partial charge in [-0.3, -0.25) is 14.4 Å². The molecule has 1 atom stereocenters. The number of thioether (sulfide) groups is 1. The maximum absolute atomic E-state index is 13.7. The van der Waals surface area contributed by atoms with Crippen molar-refractivity contribution >= 4 is 45.9 Å². The number of aliphatic hydroxyl groups is 1. The van der Waals surface area contributed by atoms with Crippen LogP contribution in [0.1, 0.15) is 48.7 Å². The number of aliphatic hydroxyl groups excluding tert-OH is 1. The maximum Gasteiger partial charge on any atom is 0.416 e. The zero-order valence-electron chi connectivity index (χ0n) is 25.7. The van der Waals surface area contributed by atoms with Gasteiger partial charge in [0, 0.05) is 25.0 Å². The Bertz CT molecular complexity index is 1870. The lowest BCUT2D eigenvalue weighted by Gasteiger charge is -2.41. The van der Waals surface area contributed by atoms with E-state index in [1.807, 2.05) is 6.07 Å². The van der Waals surface area contributed by atoms with Gasteiger partial charge in [-0.2, -0.15) is 41.7 Å². The first-order valence-corrected chi connectivity index (χ1v) is 15.3. The smallest absolute Gasteiger partial charge is 0.416 e. The lowest BCUT2D eigenvalue weighted by atomic mass is 10.0. The van der Waals surface area contributed by atoms with Crippen LogP contribution in [0, 0.1) is 11.3 Å². The minimum Gasteiger partial charge on any atom is -0.444 e. The van der Waals surface area contributed by atoms with Gasteiger partial charge >= 0.3 is 18.4 Å². The van der Waals surface area contributed by atoms with Crippen molar-refractivity contribution in [2.75, 3.05) is 26.2 Å². The Labute approximate surface area is 274 Å². The number of hydrogen-bond donors (Lipinski definition) is 1. The van der Waals surface area contributed by atoms with Crippen molar-refractivity contribution in [2.24, 2.45) is 4.99 Å². The molecule has 0 saturated carbocycles. The average Bonchev–Trinajstić information content (AvgIpc) is 3.54. The van der Waals surface area contributed by atoms with Gasteiger partial charge in [-0.1, -0.05) is 12.1 Å². The second-order valence-electron chi connectivity index (χ2n) is 12.0. The predicted octanol–water partition coefficient (Wildman–Crippen LogP) is 5.88. The van der Waals surface area contributed by atoms with E-state index in [0.29, 0.717) is 23.3 Å². The highest BCUT2D eigenvalue weighted by molar-refractivity contribution is 8.18. The molecule has 5 rings (SSSR count). The Morgan fingerprint density at radius 2 is 1.83 bits per heavy atom. The number of aliphatic imine (C=N–C) groups is 1. The third kappa shape index (κ3) is 7.44. The Morgan fingerprint density at radius 3 is 2.46 bits per heavy atom. The highest BCUT2D eigenvalue weighted by Gasteiger charge is 2.39. The Balaban J connectivity index is 1.36. The van der Waals surface area contributed by atoms with Crippen molar-refractivity contribution in [3.05, 3.63) is 69.3 Å². The van der Waals surface area contributed by atoms with Crippen LogP contribution >= 0.6 is 11.8 Å². The Kier molecular flexibility index (Phi) is 9.28. The summed E-state index contributed by atoms with van der Waals surface area (Å²) < 4.78 is 87.1. The van der Waals surface area contributed by atoms with Gasteiger partial charge in [0.05, 0.1) is 40.7 Å². The van der Waals surface area contributed by atoms with E-state index in [-0.39, 0.29) is 47.3 Å². The van der Waals surface area contributed by atoms with Gasteiger partial charge in [-0.25, -0.2) is 4.79 Å². The summed E-state index contributed by atoms with van der Waals surface area (Å²) >= 11 is 1.08. The summed E-state index contributed by atoms with van der Waals surface area (Å²) in [5.41, 5.74) is -3.52. The fourth-order valence-corrected chi connectivity index (χ4v) is 6.18. The van der Waals surface area contributed by atoms with E-state index in [1.165, 1.54) is 23.1 Å². The maximum atomic E-state index is 13.7. The number of piperazine rings is 1. The first-order valence-electron chi connectivity index (χ1n) is 14.4. The van der Waals surface area contributed by atoms with Crippen molar-refractivity contribution in [3.63, 3.8) is 0 Å². The number of halogens is 6. The average molecular weight is 695 g/mol. The zero-order chi connectivity index (χ0) is 35.2. The first-order chi connectivity index (χ1) is 22.4. The molecule has 0 bridgehead atoms. The fourth-order valence-electron chi connectivity index (χ4n) is 5.24. The minimum atomic E-state index is -5.08. The molecule has 2 aromatic carbocycles. The molecule has 1 N–H and O–H groups in total. The number of rotatable bonds is 4. The SMILES string of the molecule is CC(C)(C)OC(=O)N1CCN(C2=NC(=O)C(=Cc3ccc4c(c3)c(C#N)nn4Cc3ccc(C(F)(F)F)cc3C(F)(F)F)S2)C[C@@H]1CO. The molecule has 3 heterocycles. The summed E-state index contributed by atoms with van der Waals surface area (Å²) in [5, 5.41) is 24.4. The lowest BCUT2D eigenvalue weighted by Crippen LogP contribution is -2.58. The molecule has 0 unspecified atom stereocenters. The molecule has 48 heavy (non-hydrogen) atoms. The molecule has 10 nitrogen and oxygen atoms in total. The van der Waals surface area contributed by atoms with Crippen molar-refractivity contribution < 1.29 is 45.8 Å². The number of ether oxygens (including phenoxy) is 1. The van der Waals surface area contributed by atoms with Crippen molar-refractivity contribution in [1.82, 2.24) is 19.6 Å². The van der Waals surface area contributed by atoms with E-state index in [2.05, 4.69) is 10.1 Å². The molecule has 2 aliphatic rings. The van der Waals surface area contributed by atoms with Gasteiger partial charge in [-0.15, -0.1) is 0 Å². The fraction of sp³-hybridized carbons (Fsp3) is 0.387. The van der Waals surface area contributed by atoms with E-state index in [4.69, 9.17) is 4.74 Å². The number of aromatic nitrogens is 2. The van der Waals surface area contributed by atoms with E-state index in [1.54, 1.807) is 31.7 Å². The lowest BCUT2D eigenvalue weighted by molar-refractivity contribution is -0.143. The molecule has 0 spiro atoms. The molecule has 1 aromatic heterocycles. The number of carbonyl (C=O) groups is 2. The second-order valence-corrected chi connectivity index (χ2v) is 13.0. The van der Waals surface area contributed by atoms with E-state index in [9.17, 15) is 46.3 Å². The summed E-state index contributed by atoms with van der Waals surface area (Å²) in [6.45, 7) is 5.06. The second kappa shape index (κ2) is 12.8. The van der Waals surface area contributed by atoms with Crippen LogP contribution in [-0.2, 0) is 28.4 Å².